The molecule has 1 aromatic heterocycles. The number of H-pyrrole nitrogens is 1. The fourth-order valence-electron chi connectivity index (χ4n) is 3.78. The number of nitrogens with one attached hydrogen (secondary N) is 1. The van der Waals surface area contributed by atoms with Gasteiger partial charge in [-0.1, -0.05) is 24.3 Å². The Labute approximate surface area is 158 Å². The van der Waals surface area contributed by atoms with Crippen molar-refractivity contribution in [1.82, 2.24) is 9.88 Å². The zero-order valence-electron chi connectivity index (χ0n) is 15.3. The van der Waals surface area contributed by atoms with E-state index < -0.39 is 0 Å². The van der Waals surface area contributed by atoms with Crippen LogP contribution in [0, 0.1) is 5.82 Å². The van der Waals surface area contributed by atoms with E-state index in [9.17, 15) is 9.18 Å². The third-order valence-electron chi connectivity index (χ3n) is 5.28. The quantitative estimate of drug-likeness (QED) is 0.753. The van der Waals surface area contributed by atoms with Crippen LogP contribution in [-0.2, 0) is 6.42 Å². The monoisotopic (exact) mass is 365 g/mol. The fourth-order valence-corrected chi connectivity index (χ4v) is 3.78. The Morgan fingerprint density at radius 2 is 1.74 bits per heavy atom. The maximum atomic E-state index is 13.3. The molecule has 0 bridgehead atoms. The van der Waals surface area contributed by atoms with Gasteiger partial charge >= 0.3 is 0 Å². The molecule has 4 nitrogen and oxygen atoms in total. The summed E-state index contributed by atoms with van der Waals surface area (Å²) in [6.45, 7) is 5.22. The second kappa shape index (κ2) is 7.92. The summed E-state index contributed by atoms with van der Waals surface area (Å²) in [5, 5.41) is 1.21. The molecule has 0 aliphatic carbocycles. The predicted molar refractivity (Wildman–Crippen MR) is 108 cm³/mol. The standard InChI is InChI=1S/C22H24FN3O/c23-18-9-8-17-15-19(24-22(27)21(17)16-18)5-4-10-25-11-13-26(14-12-25)20-6-2-1-3-7-20/h1-3,6-9,15-16H,4-5,10-14H2,(H,24,27). The van der Waals surface area contributed by atoms with Gasteiger partial charge in [-0.25, -0.2) is 4.39 Å². The largest absolute Gasteiger partial charge is 0.369 e. The van der Waals surface area contributed by atoms with Crippen LogP contribution in [0.2, 0.25) is 0 Å². The molecule has 5 heteroatoms. The van der Waals surface area contributed by atoms with Crippen LogP contribution in [0.5, 0.6) is 0 Å². The van der Waals surface area contributed by atoms with Crippen molar-refractivity contribution in [3.05, 3.63) is 76.5 Å². The summed E-state index contributed by atoms with van der Waals surface area (Å²) in [7, 11) is 0. The Balaban J connectivity index is 1.30. The third-order valence-corrected chi connectivity index (χ3v) is 5.28. The summed E-state index contributed by atoms with van der Waals surface area (Å²) in [6.07, 6.45) is 1.81. The number of benzene rings is 2. The van der Waals surface area contributed by atoms with Crippen molar-refractivity contribution in [1.29, 1.82) is 0 Å². The molecule has 2 aromatic carbocycles. The highest BCUT2D eigenvalue weighted by Gasteiger charge is 2.16. The number of pyridine rings is 1. The van der Waals surface area contributed by atoms with Gasteiger partial charge in [-0.15, -0.1) is 0 Å². The van der Waals surface area contributed by atoms with E-state index in [-0.39, 0.29) is 11.4 Å². The number of aromatic amines is 1. The predicted octanol–water partition coefficient (Wildman–Crippen LogP) is 3.42. The van der Waals surface area contributed by atoms with Gasteiger partial charge in [0.15, 0.2) is 0 Å². The molecular formula is C22H24FN3O. The molecule has 1 aliphatic rings. The first-order valence-corrected chi connectivity index (χ1v) is 9.53. The minimum absolute atomic E-state index is 0.210. The highest BCUT2D eigenvalue weighted by molar-refractivity contribution is 5.81. The maximum absolute atomic E-state index is 13.3. The molecule has 0 amide bonds. The number of nitrogens with zero attached hydrogens (tertiary/aromatic N) is 2. The number of para-hydroxylation sites is 1. The van der Waals surface area contributed by atoms with Crippen molar-refractivity contribution in [2.24, 2.45) is 0 Å². The van der Waals surface area contributed by atoms with Crippen molar-refractivity contribution in [2.75, 3.05) is 37.6 Å². The van der Waals surface area contributed by atoms with E-state index in [2.05, 4.69) is 39.0 Å². The topological polar surface area (TPSA) is 39.3 Å². The highest BCUT2D eigenvalue weighted by atomic mass is 19.1. The molecule has 0 saturated carbocycles. The molecule has 1 fully saturated rings. The average molecular weight is 365 g/mol. The Morgan fingerprint density at radius 3 is 2.52 bits per heavy atom. The molecule has 0 radical (unpaired) electrons. The number of aryl methyl sites for hydroxylation is 1. The minimum Gasteiger partial charge on any atom is -0.369 e. The summed E-state index contributed by atoms with van der Waals surface area (Å²) >= 11 is 0. The summed E-state index contributed by atoms with van der Waals surface area (Å²) < 4.78 is 13.3. The van der Waals surface area contributed by atoms with Crippen molar-refractivity contribution in [3.8, 4) is 0 Å². The smallest absolute Gasteiger partial charge is 0.256 e. The van der Waals surface area contributed by atoms with Crippen LogP contribution in [0.15, 0.2) is 59.4 Å². The minimum atomic E-state index is -0.379. The first-order valence-electron chi connectivity index (χ1n) is 9.53. The number of rotatable bonds is 5. The molecule has 0 atom stereocenters. The Hall–Kier alpha value is -2.66. The third kappa shape index (κ3) is 4.19. The molecule has 27 heavy (non-hydrogen) atoms. The molecule has 0 spiro atoms. The number of fused-ring (bicyclic) bond motifs is 1. The van der Waals surface area contributed by atoms with Crippen LogP contribution in [-0.4, -0.2) is 42.6 Å². The van der Waals surface area contributed by atoms with Crippen LogP contribution in [0.4, 0.5) is 10.1 Å². The first kappa shape index (κ1) is 17.7. The summed E-state index contributed by atoms with van der Waals surface area (Å²) in [5.74, 6) is -0.379. The Bertz CT molecular complexity index is 962. The molecular weight excluding hydrogens is 341 g/mol. The van der Waals surface area contributed by atoms with Gasteiger partial charge in [-0.2, -0.15) is 0 Å². The van der Waals surface area contributed by atoms with Crippen LogP contribution >= 0.6 is 0 Å². The van der Waals surface area contributed by atoms with E-state index in [1.807, 2.05) is 12.1 Å². The number of halogens is 1. The molecule has 0 unspecified atom stereocenters. The number of piperazine rings is 1. The van der Waals surface area contributed by atoms with Crippen molar-refractivity contribution >= 4 is 16.5 Å². The number of anilines is 1. The highest BCUT2D eigenvalue weighted by Crippen LogP contribution is 2.16. The molecule has 2 heterocycles. The number of aromatic nitrogens is 1. The van der Waals surface area contributed by atoms with Gasteiger partial charge in [0.25, 0.3) is 5.56 Å². The summed E-state index contributed by atoms with van der Waals surface area (Å²) in [5.41, 5.74) is 2.00. The van der Waals surface area contributed by atoms with E-state index in [4.69, 9.17) is 0 Å². The van der Waals surface area contributed by atoms with Gasteiger partial charge < -0.3 is 9.88 Å². The van der Waals surface area contributed by atoms with Crippen molar-refractivity contribution in [2.45, 2.75) is 12.8 Å². The zero-order chi connectivity index (χ0) is 18.6. The van der Waals surface area contributed by atoms with E-state index >= 15 is 0 Å². The van der Waals surface area contributed by atoms with E-state index in [0.717, 1.165) is 56.6 Å². The SMILES string of the molecule is O=c1[nH]c(CCCN2CCN(c3ccccc3)CC2)cc2ccc(F)cc12. The first-order chi connectivity index (χ1) is 13.2. The fraction of sp³-hybridized carbons (Fsp3) is 0.318. The van der Waals surface area contributed by atoms with Crippen LogP contribution in [0.25, 0.3) is 10.8 Å². The van der Waals surface area contributed by atoms with E-state index in [1.54, 1.807) is 6.07 Å². The maximum Gasteiger partial charge on any atom is 0.256 e. The van der Waals surface area contributed by atoms with Crippen LogP contribution in [0.1, 0.15) is 12.1 Å². The van der Waals surface area contributed by atoms with Gasteiger partial charge in [0.1, 0.15) is 5.82 Å². The second-order valence-electron chi connectivity index (χ2n) is 7.12. The molecule has 140 valence electrons. The summed E-state index contributed by atoms with van der Waals surface area (Å²) in [4.78, 5) is 20.0. The van der Waals surface area contributed by atoms with Gasteiger partial charge in [-0.3, -0.25) is 9.69 Å². The normalized spacial score (nSPS) is 15.4. The lowest BCUT2D eigenvalue weighted by Crippen LogP contribution is -2.46. The van der Waals surface area contributed by atoms with Crippen LogP contribution in [0.3, 0.4) is 0 Å². The lowest BCUT2D eigenvalue weighted by molar-refractivity contribution is 0.255. The molecule has 1 N–H and O–H groups in total. The molecule has 4 rings (SSSR count). The number of hydrogen-bond acceptors (Lipinski definition) is 3. The Kier molecular flexibility index (Phi) is 5.21. The van der Waals surface area contributed by atoms with Gasteiger partial charge in [0.05, 0.1) is 0 Å². The van der Waals surface area contributed by atoms with E-state index in [0.29, 0.717) is 5.39 Å². The lowest BCUT2D eigenvalue weighted by atomic mass is 10.1. The zero-order valence-corrected chi connectivity index (χ0v) is 15.3. The van der Waals surface area contributed by atoms with Crippen LogP contribution < -0.4 is 10.5 Å². The second-order valence-corrected chi connectivity index (χ2v) is 7.12. The van der Waals surface area contributed by atoms with Gasteiger partial charge in [-0.05, 0) is 55.1 Å². The molecule has 1 saturated heterocycles. The van der Waals surface area contributed by atoms with E-state index in [1.165, 1.54) is 17.8 Å². The van der Waals surface area contributed by atoms with Gasteiger partial charge in [0.2, 0.25) is 0 Å². The molecule has 3 aromatic rings. The van der Waals surface area contributed by atoms with Crippen molar-refractivity contribution in [3.63, 3.8) is 0 Å². The lowest BCUT2D eigenvalue weighted by Gasteiger charge is -2.36. The molecule has 1 aliphatic heterocycles. The van der Waals surface area contributed by atoms with Gasteiger partial charge in [0, 0.05) is 42.9 Å². The summed E-state index contributed by atoms with van der Waals surface area (Å²) in [6, 6.07) is 16.9. The average Bonchev–Trinajstić information content (AvgIpc) is 2.70. The number of hydrogen-bond donors (Lipinski definition) is 1. The Morgan fingerprint density at radius 1 is 0.963 bits per heavy atom. The van der Waals surface area contributed by atoms with Crippen molar-refractivity contribution < 1.29 is 4.39 Å².